The molecule has 2 aromatic rings. The number of aromatic nitrogens is 1. The van der Waals surface area contributed by atoms with Crippen LogP contribution < -0.4 is 15.4 Å². The summed E-state index contributed by atoms with van der Waals surface area (Å²) in [6.45, 7) is 4.23. The van der Waals surface area contributed by atoms with Crippen LogP contribution in [0.15, 0.2) is 23.7 Å². The van der Waals surface area contributed by atoms with Gasteiger partial charge in [0.1, 0.15) is 17.8 Å². The molecule has 2 N–H and O–H groups in total. The summed E-state index contributed by atoms with van der Waals surface area (Å²) in [5.41, 5.74) is 4.68. The third kappa shape index (κ3) is 5.19. The molecular formula is C24H30N4O4S. The normalized spacial score (nSPS) is 18.6. The number of amides is 3. The standard InChI is InChI=1S/C24H30N4O4S/c1-14-22(33-13-26-14)17-8-9-18(20(11-17)32-3)12-25-23(30)19-5-4-10-28(19)24(31)21(16-6-7-16)27-15(2)29/h8-9,11,13,16,19,21H,4-7,10,12H2,1-3H3,(H,25,30)(H,27,29)/t19-,21-/m0/s1. The quantitative estimate of drug-likeness (QED) is 0.618. The Morgan fingerprint density at radius 1 is 1.27 bits per heavy atom. The minimum Gasteiger partial charge on any atom is -0.496 e. The van der Waals surface area contributed by atoms with Gasteiger partial charge >= 0.3 is 0 Å². The fraction of sp³-hybridized carbons (Fsp3) is 0.500. The average Bonchev–Trinajstić information content (AvgIpc) is 3.36. The highest BCUT2D eigenvalue weighted by Gasteiger charge is 2.43. The lowest BCUT2D eigenvalue weighted by Gasteiger charge is -2.28. The number of ether oxygens (including phenoxy) is 1. The van der Waals surface area contributed by atoms with E-state index in [9.17, 15) is 14.4 Å². The predicted molar refractivity (Wildman–Crippen MR) is 126 cm³/mol. The SMILES string of the molecule is COc1cc(-c2scnc2C)ccc1CNC(=O)[C@@H]1CCCN1C(=O)[C@@H](NC(C)=O)C1CC1. The monoisotopic (exact) mass is 470 g/mol. The zero-order valence-corrected chi connectivity index (χ0v) is 20.0. The number of hydrogen-bond donors (Lipinski definition) is 2. The summed E-state index contributed by atoms with van der Waals surface area (Å²) in [5, 5.41) is 5.77. The summed E-state index contributed by atoms with van der Waals surface area (Å²) in [4.78, 5) is 44.8. The Labute approximate surface area is 197 Å². The van der Waals surface area contributed by atoms with Crippen LogP contribution in [0.1, 0.15) is 43.9 Å². The number of benzene rings is 1. The lowest BCUT2D eigenvalue weighted by atomic mass is 10.1. The van der Waals surface area contributed by atoms with Crippen LogP contribution in [0.4, 0.5) is 0 Å². The Morgan fingerprint density at radius 2 is 2.06 bits per heavy atom. The molecule has 1 aromatic carbocycles. The number of nitrogens with one attached hydrogen (secondary N) is 2. The molecule has 1 aliphatic carbocycles. The van der Waals surface area contributed by atoms with Gasteiger partial charge in [0.2, 0.25) is 17.7 Å². The number of thiazole rings is 1. The molecule has 1 aromatic heterocycles. The maximum Gasteiger partial charge on any atom is 0.246 e. The summed E-state index contributed by atoms with van der Waals surface area (Å²) in [7, 11) is 1.61. The molecule has 2 heterocycles. The molecule has 0 spiro atoms. The second-order valence-corrected chi connectivity index (χ2v) is 9.57. The van der Waals surface area contributed by atoms with E-state index in [2.05, 4.69) is 15.6 Å². The highest BCUT2D eigenvalue weighted by Crippen LogP contribution is 2.35. The number of carbonyl (C=O) groups excluding carboxylic acids is 3. The van der Waals surface area contributed by atoms with Crippen molar-refractivity contribution in [1.82, 2.24) is 20.5 Å². The van der Waals surface area contributed by atoms with Gasteiger partial charge in [0, 0.05) is 25.6 Å². The molecule has 2 atom stereocenters. The van der Waals surface area contributed by atoms with Gasteiger partial charge in [-0.1, -0.05) is 12.1 Å². The van der Waals surface area contributed by atoms with Crippen molar-refractivity contribution in [2.24, 2.45) is 5.92 Å². The van der Waals surface area contributed by atoms with Crippen molar-refractivity contribution < 1.29 is 19.1 Å². The Morgan fingerprint density at radius 3 is 2.70 bits per heavy atom. The third-order valence-corrected chi connectivity index (χ3v) is 7.28. The largest absolute Gasteiger partial charge is 0.496 e. The Bertz CT molecular complexity index is 1050. The first-order chi connectivity index (χ1) is 15.9. The molecule has 3 amide bonds. The average molecular weight is 471 g/mol. The number of methoxy groups -OCH3 is 1. The molecule has 0 unspecified atom stereocenters. The molecule has 4 rings (SSSR count). The van der Waals surface area contributed by atoms with Crippen molar-refractivity contribution in [2.45, 2.75) is 58.2 Å². The Hall–Kier alpha value is -2.94. The van der Waals surface area contributed by atoms with Crippen LogP contribution in [0.5, 0.6) is 5.75 Å². The zero-order chi connectivity index (χ0) is 23.5. The molecule has 33 heavy (non-hydrogen) atoms. The van der Waals surface area contributed by atoms with E-state index < -0.39 is 12.1 Å². The van der Waals surface area contributed by atoms with Crippen LogP contribution >= 0.6 is 11.3 Å². The maximum absolute atomic E-state index is 13.1. The number of aryl methyl sites for hydroxylation is 1. The van der Waals surface area contributed by atoms with Crippen molar-refractivity contribution in [2.75, 3.05) is 13.7 Å². The molecule has 1 saturated carbocycles. The van der Waals surface area contributed by atoms with Gasteiger partial charge in [-0.15, -0.1) is 11.3 Å². The molecule has 176 valence electrons. The summed E-state index contributed by atoms with van der Waals surface area (Å²) < 4.78 is 5.57. The summed E-state index contributed by atoms with van der Waals surface area (Å²) >= 11 is 1.58. The van der Waals surface area contributed by atoms with Crippen molar-refractivity contribution in [3.8, 4) is 16.2 Å². The summed E-state index contributed by atoms with van der Waals surface area (Å²) in [6.07, 6.45) is 3.25. The number of nitrogens with zero attached hydrogens (tertiary/aromatic N) is 2. The van der Waals surface area contributed by atoms with E-state index in [0.29, 0.717) is 25.3 Å². The molecular weight excluding hydrogens is 440 g/mol. The highest BCUT2D eigenvalue weighted by atomic mass is 32.1. The van der Waals surface area contributed by atoms with Gasteiger partial charge in [-0.05, 0) is 50.2 Å². The van der Waals surface area contributed by atoms with E-state index in [1.165, 1.54) is 6.92 Å². The van der Waals surface area contributed by atoms with Crippen molar-refractivity contribution >= 4 is 29.1 Å². The lowest BCUT2D eigenvalue weighted by Crippen LogP contribution is -2.54. The lowest BCUT2D eigenvalue weighted by molar-refractivity contribution is -0.141. The van der Waals surface area contributed by atoms with Crippen LogP contribution in [0.2, 0.25) is 0 Å². The van der Waals surface area contributed by atoms with Gasteiger partial charge < -0.3 is 20.3 Å². The minimum atomic E-state index is -0.529. The first-order valence-electron chi connectivity index (χ1n) is 11.3. The van der Waals surface area contributed by atoms with Crippen molar-refractivity contribution in [1.29, 1.82) is 0 Å². The fourth-order valence-electron chi connectivity index (χ4n) is 4.42. The molecule has 8 nitrogen and oxygen atoms in total. The third-order valence-electron chi connectivity index (χ3n) is 6.30. The zero-order valence-electron chi connectivity index (χ0n) is 19.2. The smallest absolute Gasteiger partial charge is 0.246 e. The van der Waals surface area contributed by atoms with Gasteiger partial charge in [0.05, 0.1) is 23.2 Å². The number of carbonyl (C=O) groups is 3. The summed E-state index contributed by atoms with van der Waals surface area (Å²) in [5.74, 6) is 0.328. The Balaban J connectivity index is 1.42. The van der Waals surface area contributed by atoms with Gasteiger partial charge in [-0.3, -0.25) is 14.4 Å². The first-order valence-corrected chi connectivity index (χ1v) is 12.2. The molecule has 1 aliphatic heterocycles. The summed E-state index contributed by atoms with van der Waals surface area (Å²) in [6, 6.07) is 4.87. The van der Waals surface area contributed by atoms with Gasteiger partial charge in [0.25, 0.3) is 0 Å². The second kappa shape index (κ2) is 9.91. The maximum atomic E-state index is 13.1. The predicted octanol–water partition coefficient (Wildman–Crippen LogP) is 2.65. The van der Waals surface area contributed by atoms with E-state index in [0.717, 1.165) is 41.0 Å². The Kier molecular flexibility index (Phi) is 6.97. The van der Waals surface area contributed by atoms with Crippen LogP contribution in [-0.2, 0) is 20.9 Å². The fourth-order valence-corrected chi connectivity index (χ4v) is 5.22. The van der Waals surface area contributed by atoms with Crippen LogP contribution in [0, 0.1) is 12.8 Å². The van der Waals surface area contributed by atoms with E-state index in [-0.39, 0.29) is 23.6 Å². The molecule has 0 bridgehead atoms. The van der Waals surface area contributed by atoms with Crippen LogP contribution in [0.3, 0.4) is 0 Å². The molecule has 0 radical (unpaired) electrons. The van der Waals surface area contributed by atoms with Gasteiger partial charge in [-0.2, -0.15) is 0 Å². The molecule has 2 aliphatic rings. The molecule has 9 heteroatoms. The highest BCUT2D eigenvalue weighted by molar-refractivity contribution is 7.13. The second-order valence-electron chi connectivity index (χ2n) is 8.72. The number of likely N-dealkylation sites (tertiary alicyclic amines) is 1. The van der Waals surface area contributed by atoms with Crippen LogP contribution in [-0.4, -0.2) is 53.3 Å². The first kappa shape index (κ1) is 23.2. The van der Waals surface area contributed by atoms with Crippen molar-refractivity contribution in [3.05, 3.63) is 35.0 Å². The van der Waals surface area contributed by atoms with Gasteiger partial charge in [-0.25, -0.2) is 4.98 Å². The van der Waals surface area contributed by atoms with E-state index in [1.807, 2.05) is 30.6 Å². The van der Waals surface area contributed by atoms with E-state index in [4.69, 9.17) is 4.74 Å². The molecule has 2 fully saturated rings. The van der Waals surface area contributed by atoms with E-state index >= 15 is 0 Å². The number of rotatable bonds is 8. The van der Waals surface area contributed by atoms with Gasteiger partial charge in [0.15, 0.2) is 0 Å². The molecule has 1 saturated heterocycles. The van der Waals surface area contributed by atoms with Crippen molar-refractivity contribution in [3.63, 3.8) is 0 Å². The number of hydrogen-bond acceptors (Lipinski definition) is 6. The topological polar surface area (TPSA) is 101 Å². The van der Waals surface area contributed by atoms with Crippen LogP contribution in [0.25, 0.3) is 10.4 Å². The van der Waals surface area contributed by atoms with E-state index in [1.54, 1.807) is 23.3 Å². The minimum absolute atomic E-state index is 0.146.